The number of allylic oxidation sites excluding steroid dienone is 2. The van der Waals surface area contributed by atoms with Crippen molar-refractivity contribution in [3.63, 3.8) is 0 Å². The molecule has 4 atom stereocenters. The molecule has 1 fully saturated rings. The zero-order valence-electron chi connectivity index (χ0n) is 18.2. The fraction of sp³-hybridized carbons (Fsp3) is 0.810. The Morgan fingerprint density at radius 3 is 1.26 bits per heavy atom. The molecule has 0 heterocycles. The van der Waals surface area contributed by atoms with Crippen molar-refractivity contribution in [3.8, 4) is 0 Å². The lowest BCUT2D eigenvalue weighted by Crippen LogP contribution is -2.56. The molecule has 154 valence electrons. The second-order valence-electron chi connectivity index (χ2n) is 9.14. The van der Waals surface area contributed by atoms with Gasteiger partial charge in [0.25, 0.3) is 0 Å². The van der Waals surface area contributed by atoms with Crippen LogP contribution in [0.15, 0.2) is 12.2 Å². The third-order valence-electron chi connectivity index (χ3n) is 5.77. The third kappa shape index (κ3) is 4.72. The first kappa shape index (κ1) is 21.9. The molecule has 2 rings (SSSR count). The molecule has 0 saturated heterocycles. The van der Waals surface area contributed by atoms with Crippen molar-refractivity contribution in [1.82, 2.24) is 20.9 Å². The summed E-state index contributed by atoms with van der Waals surface area (Å²) in [5.41, 5.74) is 6.19. The molecule has 1 saturated carbocycles. The van der Waals surface area contributed by atoms with Crippen LogP contribution in [-0.4, -0.2) is 46.0 Å². The van der Waals surface area contributed by atoms with Crippen LogP contribution in [0.25, 0.3) is 0 Å². The minimum atomic E-state index is -0.304. The number of nitrogens with zero attached hydrogens (tertiary/aromatic N) is 2. The van der Waals surface area contributed by atoms with Crippen LogP contribution in [0, 0.1) is 23.7 Å². The molecular weight excluding hydrogens is 340 g/mol. The van der Waals surface area contributed by atoms with Crippen LogP contribution in [0.3, 0.4) is 0 Å². The molecule has 6 nitrogen and oxygen atoms in total. The smallest absolute Gasteiger partial charge is 0.238 e. The summed E-state index contributed by atoms with van der Waals surface area (Å²) in [7, 11) is 0. The number of carbonyl (C=O) groups excluding carboxylic acids is 2. The molecule has 0 spiro atoms. The van der Waals surface area contributed by atoms with Crippen LogP contribution < -0.4 is 10.9 Å². The monoisotopic (exact) mass is 378 g/mol. The summed E-state index contributed by atoms with van der Waals surface area (Å²) in [5, 5.41) is 3.95. The van der Waals surface area contributed by atoms with Crippen molar-refractivity contribution >= 4 is 11.8 Å². The van der Waals surface area contributed by atoms with Gasteiger partial charge in [0.1, 0.15) is 0 Å². The van der Waals surface area contributed by atoms with Gasteiger partial charge in [0.2, 0.25) is 11.8 Å². The van der Waals surface area contributed by atoms with E-state index < -0.39 is 0 Å². The van der Waals surface area contributed by atoms with Gasteiger partial charge >= 0.3 is 0 Å². The van der Waals surface area contributed by atoms with E-state index in [-0.39, 0.29) is 59.7 Å². The van der Waals surface area contributed by atoms with Crippen molar-refractivity contribution in [1.29, 1.82) is 0 Å². The summed E-state index contributed by atoms with van der Waals surface area (Å²) in [6.07, 6.45) is 5.13. The maximum Gasteiger partial charge on any atom is 0.238 e. The second kappa shape index (κ2) is 8.74. The van der Waals surface area contributed by atoms with Gasteiger partial charge in [0, 0.05) is 24.2 Å². The Bertz CT molecular complexity index is 507. The Labute approximate surface area is 164 Å². The second-order valence-corrected chi connectivity index (χ2v) is 9.14. The van der Waals surface area contributed by atoms with Gasteiger partial charge in [0.15, 0.2) is 0 Å². The van der Waals surface area contributed by atoms with E-state index in [2.05, 4.69) is 78.4 Å². The first-order valence-electron chi connectivity index (χ1n) is 10.4. The standard InChI is InChI=1S/C21H38N4O2/c1-12(2)24(13(3)4)22-20(26)18-16-9-10-17(11-16)19(18)21(27)23-25(14(5)6)15(7)8/h9-10,12-19H,11H2,1-8H3,(H,22,26)(H,23,27)/t16-,17-,18+,19+/m0/s1. The summed E-state index contributed by atoms with van der Waals surface area (Å²) < 4.78 is 0. The number of amides is 2. The molecule has 6 heteroatoms. The van der Waals surface area contributed by atoms with Crippen molar-refractivity contribution in [2.24, 2.45) is 23.7 Å². The van der Waals surface area contributed by atoms with Gasteiger partial charge in [-0.05, 0) is 73.6 Å². The fourth-order valence-corrected chi connectivity index (χ4v) is 4.65. The molecule has 0 aromatic carbocycles. The average Bonchev–Trinajstić information content (AvgIpc) is 3.16. The molecule has 0 aromatic rings. The number of hydrazine groups is 2. The topological polar surface area (TPSA) is 64.7 Å². The number of rotatable bonds is 8. The Hall–Kier alpha value is -1.40. The van der Waals surface area contributed by atoms with Crippen molar-refractivity contribution in [3.05, 3.63) is 12.2 Å². The highest BCUT2D eigenvalue weighted by molar-refractivity contribution is 5.89. The maximum atomic E-state index is 13.1. The van der Waals surface area contributed by atoms with E-state index in [9.17, 15) is 9.59 Å². The Morgan fingerprint density at radius 1 is 0.704 bits per heavy atom. The first-order chi connectivity index (χ1) is 12.5. The minimum Gasteiger partial charge on any atom is -0.288 e. The Morgan fingerprint density at radius 2 is 1.00 bits per heavy atom. The highest BCUT2D eigenvalue weighted by Crippen LogP contribution is 2.48. The summed E-state index contributed by atoms with van der Waals surface area (Å²) in [6, 6.07) is 0.806. The third-order valence-corrected chi connectivity index (χ3v) is 5.77. The zero-order chi connectivity index (χ0) is 20.5. The van der Waals surface area contributed by atoms with Crippen molar-refractivity contribution < 1.29 is 9.59 Å². The highest BCUT2D eigenvalue weighted by Gasteiger charge is 2.52. The van der Waals surface area contributed by atoms with E-state index in [1.807, 2.05) is 10.0 Å². The van der Waals surface area contributed by atoms with E-state index in [0.29, 0.717) is 0 Å². The highest BCUT2D eigenvalue weighted by atomic mass is 16.2. The first-order valence-corrected chi connectivity index (χ1v) is 10.4. The summed E-state index contributed by atoms with van der Waals surface area (Å²) in [5.74, 6) is -0.371. The number of hydrogen-bond acceptors (Lipinski definition) is 4. The van der Waals surface area contributed by atoms with E-state index in [4.69, 9.17) is 0 Å². The van der Waals surface area contributed by atoms with Gasteiger partial charge < -0.3 is 0 Å². The van der Waals surface area contributed by atoms with Crippen LogP contribution in [0.1, 0.15) is 61.8 Å². The van der Waals surface area contributed by atoms with E-state index in [0.717, 1.165) is 6.42 Å². The maximum absolute atomic E-state index is 13.1. The number of carbonyl (C=O) groups is 2. The van der Waals surface area contributed by atoms with E-state index in [1.54, 1.807) is 0 Å². The van der Waals surface area contributed by atoms with Gasteiger partial charge in [0.05, 0.1) is 11.8 Å². The van der Waals surface area contributed by atoms with Crippen LogP contribution in [0.2, 0.25) is 0 Å². The van der Waals surface area contributed by atoms with Crippen molar-refractivity contribution in [2.45, 2.75) is 86.0 Å². The van der Waals surface area contributed by atoms with Crippen LogP contribution in [0.5, 0.6) is 0 Å². The van der Waals surface area contributed by atoms with Crippen LogP contribution >= 0.6 is 0 Å². The van der Waals surface area contributed by atoms with Gasteiger partial charge in [-0.2, -0.15) is 0 Å². The minimum absolute atomic E-state index is 0.0324. The lowest BCUT2D eigenvalue weighted by atomic mass is 9.82. The molecule has 2 amide bonds. The summed E-state index contributed by atoms with van der Waals surface area (Å²) in [4.78, 5) is 26.3. The lowest BCUT2D eigenvalue weighted by molar-refractivity contribution is -0.142. The molecule has 2 aliphatic carbocycles. The molecule has 27 heavy (non-hydrogen) atoms. The molecular formula is C21H38N4O2. The van der Waals surface area contributed by atoms with Gasteiger partial charge in [-0.1, -0.05) is 12.2 Å². The molecule has 0 aliphatic heterocycles. The lowest BCUT2D eigenvalue weighted by Gasteiger charge is -2.36. The fourth-order valence-electron chi connectivity index (χ4n) is 4.65. The Kier molecular flexibility index (Phi) is 7.09. The largest absolute Gasteiger partial charge is 0.288 e. The zero-order valence-corrected chi connectivity index (χ0v) is 18.2. The van der Waals surface area contributed by atoms with Gasteiger partial charge in [-0.15, -0.1) is 0 Å². The molecule has 2 aliphatic rings. The van der Waals surface area contributed by atoms with Crippen LogP contribution in [-0.2, 0) is 9.59 Å². The van der Waals surface area contributed by atoms with E-state index >= 15 is 0 Å². The predicted octanol–water partition coefficient (Wildman–Crippen LogP) is 2.72. The molecule has 0 unspecified atom stereocenters. The van der Waals surface area contributed by atoms with Gasteiger partial charge in [-0.25, -0.2) is 10.0 Å². The predicted molar refractivity (Wildman–Crippen MR) is 108 cm³/mol. The van der Waals surface area contributed by atoms with Gasteiger partial charge in [-0.3, -0.25) is 20.4 Å². The quantitative estimate of drug-likeness (QED) is 0.503. The normalized spacial score (nSPS) is 27.0. The van der Waals surface area contributed by atoms with Crippen LogP contribution in [0.4, 0.5) is 0 Å². The van der Waals surface area contributed by atoms with Crippen molar-refractivity contribution in [2.75, 3.05) is 0 Å². The summed E-state index contributed by atoms with van der Waals surface area (Å²) >= 11 is 0. The average molecular weight is 379 g/mol. The number of nitrogens with one attached hydrogen (secondary N) is 2. The molecule has 0 aromatic heterocycles. The Balaban J connectivity index is 2.16. The number of fused-ring (bicyclic) bond motifs is 2. The molecule has 2 N–H and O–H groups in total. The van der Waals surface area contributed by atoms with E-state index in [1.165, 1.54) is 0 Å². The molecule has 0 radical (unpaired) electrons. The SMILES string of the molecule is CC(C)N(NC(=O)[C@H]1[C@H](C(=O)NN(C(C)C)C(C)C)[C@H]2C=C[C@H]1C2)C(C)C. The molecule has 2 bridgehead atoms. The number of hydrogen-bond donors (Lipinski definition) is 2. The summed E-state index contributed by atoms with van der Waals surface area (Å²) in [6.45, 7) is 16.5.